The number of hydrogen-bond donors (Lipinski definition) is 3. The number of rotatable bonds is 6. The third-order valence-electron chi connectivity index (χ3n) is 4.93. The minimum atomic E-state index is -0.897. The molecule has 0 aromatic carbocycles. The van der Waals surface area contributed by atoms with Gasteiger partial charge in [0.1, 0.15) is 11.4 Å². The molecule has 1 saturated carbocycles. The van der Waals surface area contributed by atoms with Crippen molar-refractivity contribution in [2.45, 2.75) is 37.6 Å². The van der Waals surface area contributed by atoms with Crippen LogP contribution >= 0.6 is 15.9 Å². The standard InChI is InChI=1S/C18H23BrN6O4/c1-24(10-14(26)21-13-6-5-12(19)9-20-13)11-15(27)23-25-16(28)18(22-17(25)29)7-3-2-4-8-18/h5-6,9H,2-4,7-8,10-11H2,1H3,(H,22,29)(H,23,27)(H,20,21,26). The van der Waals surface area contributed by atoms with Gasteiger partial charge in [0.05, 0.1) is 13.1 Å². The first-order valence-electron chi connectivity index (χ1n) is 9.35. The Balaban J connectivity index is 1.48. The molecule has 2 aliphatic rings. The summed E-state index contributed by atoms with van der Waals surface area (Å²) in [6.45, 7) is -0.222. The summed E-state index contributed by atoms with van der Waals surface area (Å²) < 4.78 is 0.791. The molecule has 0 bridgehead atoms. The predicted molar refractivity (Wildman–Crippen MR) is 107 cm³/mol. The number of carbonyl (C=O) groups excluding carboxylic acids is 4. The van der Waals surface area contributed by atoms with Gasteiger partial charge in [0.15, 0.2) is 0 Å². The van der Waals surface area contributed by atoms with Gasteiger partial charge in [-0.2, -0.15) is 5.01 Å². The lowest BCUT2D eigenvalue weighted by Gasteiger charge is -2.30. The van der Waals surface area contributed by atoms with Gasteiger partial charge < -0.3 is 10.6 Å². The lowest BCUT2D eigenvalue weighted by Crippen LogP contribution is -2.52. The highest BCUT2D eigenvalue weighted by molar-refractivity contribution is 9.10. The minimum absolute atomic E-state index is 0.0603. The number of halogens is 1. The molecule has 3 rings (SSSR count). The van der Waals surface area contributed by atoms with Crippen LogP contribution in [-0.2, 0) is 14.4 Å². The van der Waals surface area contributed by atoms with Crippen LogP contribution in [-0.4, -0.2) is 64.3 Å². The van der Waals surface area contributed by atoms with Crippen molar-refractivity contribution < 1.29 is 19.2 Å². The summed E-state index contributed by atoms with van der Waals surface area (Å²) in [6, 6.07) is 2.77. The van der Waals surface area contributed by atoms with E-state index in [4.69, 9.17) is 0 Å². The van der Waals surface area contributed by atoms with Gasteiger partial charge >= 0.3 is 6.03 Å². The van der Waals surface area contributed by atoms with Crippen LogP contribution in [0, 0.1) is 0 Å². The Kier molecular flexibility index (Phi) is 6.48. The number of carbonyl (C=O) groups is 4. The molecule has 0 unspecified atom stereocenters. The Bertz CT molecular complexity index is 809. The van der Waals surface area contributed by atoms with Gasteiger partial charge in [0.2, 0.25) is 5.91 Å². The Morgan fingerprint density at radius 1 is 1.21 bits per heavy atom. The molecule has 0 radical (unpaired) electrons. The maximum Gasteiger partial charge on any atom is 0.344 e. The first-order chi connectivity index (χ1) is 13.8. The summed E-state index contributed by atoms with van der Waals surface area (Å²) in [5.41, 5.74) is 1.46. The topological polar surface area (TPSA) is 124 Å². The van der Waals surface area contributed by atoms with Crippen molar-refractivity contribution in [1.29, 1.82) is 0 Å². The molecule has 2 fully saturated rings. The van der Waals surface area contributed by atoms with Crippen molar-refractivity contribution in [2.75, 3.05) is 25.5 Å². The SMILES string of the molecule is CN(CC(=O)Nc1ccc(Br)cn1)CC(=O)NN1C(=O)NC2(CCCCC2)C1=O. The summed E-state index contributed by atoms with van der Waals surface area (Å²) >= 11 is 3.26. The monoisotopic (exact) mass is 466 g/mol. The largest absolute Gasteiger partial charge is 0.344 e. The fourth-order valence-corrected chi connectivity index (χ4v) is 3.79. The number of amides is 5. The van der Waals surface area contributed by atoms with E-state index in [1.807, 2.05) is 0 Å². The third kappa shape index (κ3) is 5.10. The Morgan fingerprint density at radius 3 is 2.55 bits per heavy atom. The molecule has 156 valence electrons. The van der Waals surface area contributed by atoms with E-state index in [9.17, 15) is 19.2 Å². The number of imide groups is 1. The lowest BCUT2D eigenvalue weighted by molar-refractivity contribution is -0.140. The molecular formula is C18H23BrN6O4. The van der Waals surface area contributed by atoms with Crippen LogP contribution in [0.2, 0.25) is 0 Å². The van der Waals surface area contributed by atoms with Gasteiger partial charge in [0, 0.05) is 10.7 Å². The average molecular weight is 467 g/mol. The minimum Gasteiger partial charge on any atom is -0.322 e. The number of pyridine rings is 1. The van der Waals surface area contributed by atoms with Crippen LogP contribution < -0.4 is 16.1 Å². The molecule has 3 N–H and O–H groups in total. The molecule has 11 heteroatoms. The first-order valence-corrected chi connectivity index (χ1v) is 10.1. The zero-order valence-corrected chi connectivity index (χ0v) is 17.6. The maximum atomic E-state index is 12.7. The molecule has 2 heterocycles. The highest BCUT2D eigenvalue weighted by Crippen LogP contribution is 2.32. The molecular weight excluding hydrogens is 444 g/mol. The molecule has 0 atom stereocenters. The third-order valence-corrected chi connectivity index (χ3v) is 5.40. The normalized spacial score (nSPS) is 18.1. The van der Waals surface area contributed by atoms with E-state index in [2.05, 4.69) is 37.0 Å². The second-order valence-corrected chi connectivity index (χ2v) is 8.25. The van der Waals surface area contributed by atoms with Crippen LogP contribution in [0.25, 0.3) is 0 Å². The number of hydrogen-bond acceptors (Lipinski definition) is 6. The highest BCUT2D eigenvalue weighted by Gasteiger charge is 2.52. The van der Waals surface area contributed by atoms with Crippen molar-refractivity contribution in [3.8, 4) is 0 Å². The predicted octanol–water partition coefficient (Wildman–Crippen LogP) is 1.00. The molecule has 29 heavy (non-hydrogen) atoms. The van der Waals surface area contributed by atoms with E-state index in [0.717, 1.165) is 28.7 Å². The van der Waals surface area contributed by atoms with Crippen LogP contribution in [0.4, 0.5) is 10.6 Å². The first kappa shape index (κ1) is 21.2. The number of likely N-dealkylation sites (N-methyl/N-ethyl adjacent to an activating group) is 1. The lowest BCUT2D eigenvalue weighted by atomic mass is 9.82. The summed E-state index contributed by atoms with van der Waals surface area (Å²) in [5.74, 6) is -0.921. The molecule has 10 nitrogen and oxygen atoms in total. The number of nitrogens with one attached hydrogen (secondary N) is 3. The fraction of sp³-hybridized carbons (Fsp3) is 0.500. The molecule has 5 amide bonds. The van der Waals surface area contributed by atoms with E-state index in [1.165, 1.54) is 4.90 Å². The summed E-state index contributed by atoms with van der Waals surface area (Å²) in [6.07, 6.45) is 5.46. The Labute approximate surface area is 176 Å². The fourth-order valence-electron chi connectivity index (χ4n) is 3.55. The number of urea groups is 1. The smallest absolute Gasteiger partial charge is 0.322 e. The van der Waals surface area contributed by atoms with E-state index in [-0.39, 0.29) is 19.0 Å². The number of nitrogens with zero attached hydrogens (tertiary/aromatic N) is 3. The molecule has 1 aliphatic heterocycles. The van der Waals surface area contributed by atoms with E-state index < -0.39 is 23.4 Å². The number of aromatic nitrogens is 1. The Hall–Kier alpha value is -2.53. The zero-order chi connectivity index (χ0) is 21.0. The van der Waals surface area contributed by atoms with Gasteiger partial charge in [-0.25, -0.2) is 9.78 Å². The summed E-state index contributed by atoms with van der Waals surface area (Å²) in [5, 5.41) is 6.11. The van der Waals surface area contributed by atoms with Crippen LogP contribution in [0.1, 0.15) is 32.1 Å². The Morgan fingerprint density at radius 2 is 1.90 bits per heavy atom. The quantitative estimate of drug-likeness (QED) is 0.537. The summed E-state index contributed by atoms with van der Waals surface area (Å²) in [4.78, 5) is 54.7. The number of anilines is 1. The molecule has 1 saturated heterocycles. The van der Waals surface area contributed by atoms with Gasteiger partial charge in [0.25, 0.3) is 11.8 Å². The van der Waals surface area contributed by atoms with E-state index in [0.29, 0.717) is 18.7 Å². The van der Waals surface area contributed by atoms with Crippen molar-refractivity contribution in [2.24, 2.45) is 0 Å². The number of hydrazine groups is 1. The van der Waals surface area contributed by atoms with Crippen molar-refractivity contribution >= 4 is 45.5 Å². The molecule has 1 aromatic rings. The van der Waals surface area contributed by atoms with E-state index in [1.54, 1.807) is 25.4 Å². The van der Waals surface area contributed by atoms with Crippen LogP contribution in [0.5, 0.6) is 0 Å². The maximum absolute atomic E-state index is 12.7. The molecule has 1 spiro atoms. The van der Waals surface area contributed by atoms with Crippen LogP contribution in [0.3, 0.4) is 0 Å². The molecule has 1 aromatic heterocycles. The van der Waals surface area contributed by atoms with Crippen molar-refractivity contribution in [3.05, 3.63) is 22.8 Å². The van der Waals surface area contributed by atoms with Gasteiger partial charge in [-0.3, -0.25) is 24.7 Å². The average Bonchev–Trinajstić information content (AvgIpc) is 2.88. The highest BCUT2D eigenvalue weighted by atomic mass is 79.9. The second-order valence-electron chi connectivity index (χ2n) is 7.33. The van der Waals surface area contributed by atoms with Crippen molar-refractivity contribution in [3.63, 3.8) is 0 Å². The van der Waals surface area contributed by atoms with Gasteiger partial charge in [-0.05, 0) is 48.0 Å². The van der Waals surface area contributed by atoms with Crippen LogP contribution in [0.15, 0.2) is 22.8 Å². The second kappa shape index (κ2) is 8.87. The van der Waals surface area contributed by atoms with Gasteiger partial charge in [-0.1, -0.05) is 19.3 Å². The van der Waals surface area contributed by atoms with Crippen molar-refractivity contribution in [1.82, 2.24) is 25.6 Å². The zero-order valence-electron chi connectivity index (χ0n) is 16.0. The summed E-state index contributed by atoms with van der Waals surface area (Å²) in [7, 11) is 1.59. The van der Waals surface area contributed by atoms with Gasteiger partial charge in [-0.15, -0.1) is 0 Å². The molecule has 1 aliphatic carbocycles. The van der Waals surface area contributed by atoms with E-state index >= 15 is 0 Å².